The first-order valence-corrected chi connectivity index (χ1v) is 7.41. The molecule has 5 nitrogen and oxygen atoms in total. The van der Waals surface area contributed by atoms with Gasteiger partial charge in [-0.3, -0.25) is 9.78 Å². The van der Waals surface area contributed by atoms with Crippen LogP contribution in [0.3, 0.4) is 0 Å². The van der Waals surface area contributed by atoms with Gasteiger partial charge in [-0.25, -0.2) is 0 Å². The molecule has 1 aromatic rings. The van der Waals surface area contributed by atoms with Gasteiger partial charge in [0.05, 0.1) is 20.8 Å². The molecule has 21 heavy (non-hydrogen) atoms. The van der Waals surface area contributed by atoms with E-state index in [1.807, 2.05) is 4.90 Å². The zero-order valence-corrected chi connectivity index (χ0v) is 12.9. The second-order valence-corrected chi connectivity index (χ2v) is 6.35. The van der Waals surface area contributed by atoms with Crippen molar-refractivity contribution in [2.45, 2.75) is 32.7 Å². The Morgan fingerprint density at radius 1 is 1.38 bits per heavy atom. The van der Waals surface area contributed by atoms with E-state index in [2.05, 4.69) is 11.9 Å². The van der Waals surface area contributed by atoms with Crippen LogP contribution in [0.1, 0.15) is 31.9 Å². The van der Waals surface area contributed by atoms with Gasteiger partial charge in [0.15, 0.2) is 11.5 Å². The van der Waals surface area contributed by atoms with Gasteiger partial charge in [-0.1, -0.05) is 6.92 Å². The largest absolute Gasteiger partial charge is 0.493 e. The van der Waals surface area contributed by atoms with Crippen LogP contribution in [0.5, 0.6) is 11.5 Å². The van der Waals surface area contributed by atoms with Gasteiger partial charge in [-0.15, -0.1) is 0 Å². The van der Waals surface area contributed by atoms with E-state index < -0.39 is 0 Å². The Bertz CT molecular complexity index is 556. The molecule has 1 amide bonds. The number of likely N-dealkylation sites (tertiary alicyclic amines) is 1. The number of ether oxygens (including phenoxy) is 2. The fraction of sp³-hybridized carbons (Fsp3) is 0.625. The quantitative estimate of drug-likeness (QED) is 0.834. The molecule has 1 atom stereocenters. The third-order valence-electron chi connectivity index (χ3n) is 4.73. The number of amides is 1. The molecule has 1 unspecified atom stereocenters. The lowest BCUT2D eigenvalue weighted by Crippen LogP contribution is -2.28. The van der Waals surface area contributed by atoms with E-state index in [-0.39, 0.29) is 11.3 Å². The van der Waals surface area contributed by atoms with Crippen LogP contribution in [-0.4, -0.2) is 36.6 Å². The average Bonchev–Trinajstić information content (AvgIpc) is 3.27. The number of pyridine rings is 1. The van der Waals surface area contributed by atoms with Gasteiger partial charge >= 0.3 is 0 Å². The van der Waals surface area contributed by atoms with Crippen molar-refractivity contribution in [1.29, 1.82) is 0 Å². The third kappa shape index (κ3) is 2.57. The molecule has 0 aromatic carbocycles. The fourth-order valence-corrected chi connectivity index (χ4v) is 3.38. The zero-order valence-electron chi connectivity index (χ0n) is 12.9. The lowest BCUT2D eigenvalue weighted by Gasteiger charge is -2.24. The standard InChI is InChI=1S/C16H22N2O3/c1-16(11-4-5-11)8-14(19)18(10-16)9-12-15(21-3)13(20-2)6-7-17-12/h6-7,11H,4-5,8-10H2,1-3H3. The molecule has 2 fully saturated rings. The molecule has 1 aliphatic carbocycles. The van der Waals surface area contributed by atoms with Gasteiger partial charge < -0.3 is 14.4 Å². The summed E-state index contributed by atoms with van der Waals surface area (Å²) in [5.74, 6) is 2.20. The minimum Gasteiger partial charge on any atom is -0.493 e. The number of hydrogen-bond acceptors (Lipinski definition) is 4. The maximum atomic E-state index is 12.3. The Morgan fingerprint density at radius 3 is 2.76 bits per heavy atom. The van der Waals surface area contributed by atoms with E-state index in [1.165, 1.54) is 12.8 Å². The number of carbonyl (C=O) groups excluding carboxylic acids is 1. The van der Waals surface area contributed by atoms with Crippen LogP contribution >= 0.6 is 0 Å². The molecule has 2 heterocycles. The van der Waals surface area contributed by atoms with Gasteiger partial charge in [0.1, 0.15) is 5.69 Å². The number of hydrogen-bond donors (Lipinski definition) is 0. The normalized spacial score (nSPS) is 25.3. The van der Waals surface area contributed by atoms with Crippen LogP contribution in [0.4, 0.5) is 0 Å². The molecule has 1 aliphatic heterocycles. The molecule has 2 aliphatic rings. The summed E-state index contributed by atoms with van der Waals surface area (Å²) in [4.78, 5) is 18.6. The molecular weight excluding hydrogens is 268 g/mol. The van der Waals surface area contributed by atoms with Crippen molar-refractivity contribution < 1.29 is 14.3 Å². The number of nitrogens with zero attached hydrogens (tertiary/aromatic N) is 2. The van der Waals surface area contributed by atoms with Crippen molar-refractivity contribution in [2.75, 3.05) is 20.8 Å². The van der Waals surface area contributed by atoms with Gasteiger partial charge in [-0.05, 0) is 24.2 Å². The monoisotopic (exact) mass is 290 g/mol. The summed E-state index contributed by atoms with van der Waals surface area (Å²) in [7, 11) is 3.20. The third-order valence-corrected chi connectivity index (χ3v) is 4.73. The topological polar surface area (TPSA) is 51.7 Å². The summed E-state index contributed by atoms with van der Waals surface area (Å²) in [6.45, 7) is 3.54. The van der Waals surface area contributed by atoms with Crippen molar-refractivity contribution >= 4 is 5.91 Å². The first-order valence-electron chi connectivity index (χ1n) is 7.41. The van der Waals surface area contributed by atoms with Crippen molar-refractivity contribution in [3.8, 4) is 11.5 Å². The molecule has 0 N–H and O–H groups in total. The highest BCUT2D eigenvalue weighted by Crippen LogP contribution is 2.51. The van der Waals surface area contributed by atoms with Gasteiger partial charge in [0, 0.05) is 25.2 Å². The maximum absolute atomic E-state index is 12.3. The first-order chi connectivity index (χ1) is 10.1. The summed E-state index contributed by atoms with van der Waals surface area (Å²) < 4.78 is 10.7. The molecular formula is C16H22N2O3. The second-order valence-electron chi connectivity index (χ2n) is 6.35. The maximum Gasteiger partial charge on any atom is 0.223 e. The smallest absolute Gasteiger partial charge is 0.223 e. The van der Waals surface area contributed by atoms with Crippen LogP contribution in [0, 0.1) is 11.3 Å². The van der Waals surface area contributed by atoms with Crippen molar-refractivity contribution in [3.05, 3.63) is 18.0 Å². The summed E-state index contributed by atoms with van der Waals surface area (Å²) in [5.41, 5.74) is 0.897. The average molecular weight is 290 g/mol. The summed E-state index contributed by atoms with van der Waals surface area (Å²) >= 11 is 0. The van der Waals surface area contributed by atoms with E-state index in [4.69, 9.17) is 9.47 Å². The Balaban J connectivity index is 1.79. The molecule has 0 radical (unpaired) electrons. The minimum atomic E-state index is 0.142. The van der Waals surface area contributed by atoms with Crippen LogP contribution in [0.25, 0.3) is 0 Å². The first kappa shape index (κ1) is 14.2. The summed E-state index contributed by atoms with van der Waals surface area (Å²) in [6.07, 6.45) is 4.87. The lowest BCUT2D eigenvalue weighted by molar-refractivity contribution is -0.128. The molecule has 1 saturated heterocycles. The second kappa shape index (κ2) is 5.20. The molecule has 114 valence electrons. The predicted octanol–water partition coefficient (Wildman–Crippen LogP) is 2.25. The Hall–Kier alpha value is -1.78. The fourth-order valence-electron chi connectivity index (χ4n) is 3.38. The van der Waals surface area contributed by atoms with E-state index in [9.17, 15) is 4.79 Å². The summed E-state index contributed by atoms with van der Waals surface area (Å²) in [6, 6.07) is 1.77. The van der Waals surface area contributed by atoms with E-state index in [0.29, 0.717) is 30.4 Å². The van der Waals surface area contributed by atoms with E-state index in [1.54, 1.807) is 26.5 Å². The van der Waals surface area contributed by atoms with Gasteiger partial charge in [0.25, 0.3) is 0 Å². The van der Waals surface area contributed by atoms with Crippen molar-refractivity contribution in [3.63, 3.8) is 0 Å². The molecule has 0 bridgehead atoms. The lowest BCUT2D eigenvalue weighted by atomic mass is 9.84. The highest BCUT2D eigenvalue weighted by Gasteiger charge is 2.49. The number of rotatable bonds is 5. The number of carbonyl (C=O) groups is 1. The van der Waals surface area contributed by atoms with Crippen LogP contribution in [0.15, 0.2) is 12.3 Å². The van der Waals surface area contributed by atoms with Gasteiger partial charge in [0.2, 0.25) is 5.91 Å². The van der Waals surface area contributed by atoms with Crippen molar-refractivity contribution in [1.82, 2.24) is 9.88 Å². The Labute approximate surface area is 125 Å². The highest BCUT2D eigenvalue weighted by molar-refractivity contribution is 5.79. The Morgan fingerprint density at radius 2 is 2.14 bits per heavy atom. The summed E-state index contributed by atoms with van der Waals surface area (Å²) in [5, 5.41) is 0. The predicted molar refractivity (Wildman–Crippen MR) is 78.2 cm³/mol. The van der Waals surface area contributed by atoms with Crippen molar-refractivity contribution in [2.24, 2.45) is 11.3 Å². The minimum absolute atomic E-state index is 0.142. The SMILES string of the molecule is COc1ccnc(CN2CC(C)(C3CC3)CC2=O)c1OC. The molecule has 1 aromatic heterocycles. The number of aromatic nitrogens is 1. The van der Waals surface area contributed by atoms with E-state index in [0.717, 1.165) is 12.2 Å². The Kier molecular flexibility index (Phi) is 3.51. The zero-order chi connectivity index (χ0) is 15.0. The van der Waals surface area contributed by atoms with Gasteiger partial charge in [-0.2, -0.15) is 0 Å². The molecule has 1 saturated carbocycles. The van der Waals surface area contributed by atoms with Crippen LogP contribution in [0.2, 0.25) is 0 Å². The highest BCUT2D eigenvalue weighted by atomic mass is 16.5. The number of methoxy groups -OCH3 is 2. The van der Waals surface area contributed by atoms with Crippen LogP contribution in [-0.2, 0) is 11.3 Å². The molecule has 3 rings (SSSR count). The van der Waals surface area contributed by atoms with E-state index >= 15 is 0 Å². The molecule has 5 heteroatoms. The van der Waals surface area contributed by atoms with Crippen LogP contribution < -0.4 is 9.47 Å². The molecule has 0 spiro atoms.